The van der Waals surface area contributed by atoms with E-state index >= 15 is 0 Å². The van der Waals surface area contributed by atoms with Gasteiger partial charge in [-0.1, -0.05) is 12.1 Å². The fraction of sp³-hybridized carbons (Fsp3) is 0.0909. The van der Waals surface area contributed by atoms with Crippen molar-refractivity contribution in [1.82, 2.24) is 14.7 Å². The Morgan fingerprint density at radius 2 is 2.11 bits per heavy atom. The first-order chi connectivity index (χ1) is 8.67. The zero-order chi connectivity index (χ0) is 12.6. The van der Waals surface area contributed by atoms with E-state index in [0.717, 1.165) is 5.69 Å². The highest BCUT2D eigenvalue weighted by molar-refractivity contribution is 7.90. The van der Waals surface area contributed by atoms with Gasteiger partial charge in [-0.2, -0.15) is 0 Å². The first-order valence-electron chi connectivity index (χ1n) is 5.31. The van der Waals surface area contributed by atoms with Gasteiger partial charge >= 0.3 is 0 Å². The van der Waals surface area contributed by atoms with Crippen LogP contribution in [0.5, 0.6) is 0 Å². The van der Waals surface area contributed by atoms with Gasteiger partial charge in [0.1, 0.15) is 5.84 Å². The van der Waals surface area contributed by atoms with Crippen molar-refractivity contribution in [1.29, 1.82) is 0 Å². The van der Waals surface area contributed by atoms with E-state index in [2.05, 4.69) is 19.7 Å². The number of sulfonamides is 1. The number of aromatic nitrogens is 2. The van der Waals surface area contributed by atoms with E-state index in [1.165, 1.54) is 0 Å². The van der Waals surface area contributed by atoms with Crippen LogP contribution in [-0.4, -0.2) is 24.2 Å². The maximum Gasteiger partial charge on any atom is 0.263 e. The highest BCUT2D eigenvalue weighted by Crippen LogP contribution is 2.22. The summed E-state index contributed by atoms with van der Waals surface area (Å²) in [4.78, 5) is 11.3. The normalized spacial score (nSPS) is 18.6. The Kier molecular flexibility index (Phi) is 2.41. The highest BCUT2D eigenvalue weighted by atomic mass is 32.2. The lowest BCUT2D eigenvalue weighted by atomic mass is 10.2. The summed E-state index contributed by atoms with van der Waals surface area (Å²) in [5.74, 6) is 0.375. The predicted octanol–water partition coefficient (Wildman–Crippen LogP) is 0.648. The molecule has 0 aliphatic carbocycles. The molecule has 6 nitrogen and oxygen atoms in total. The molecule has 2 heterocycles. The number of fused-ring (bicyclic) bond motifs is 1. The smallest absolute Gasteiger partial charge is 0.263 e. The second-order valence-electron chi connectivity index (χ2n) is 3.84. The quantitative estimate of drug-likeness (QED) is 0.833. The first kappa shape index (κ1) is 11.0. The minimum Gasteiger partial charge on any atom is -0.347 e. The summed E-state index contributed by atoms with van der Waals surface area (Å²) in [5, 5.41) is 0. The van der Waals surface area contributed by atoms with Crippen LogP contribution >= 0.6 is 0 Å². The number of nitrogens with one attached hydrogen (secondary N) is 2. The molecule has 7 heteroatoms. The van der Waals surface area contributed by atoms with E-state index in [1.807, 2.05) is 0 Å². The molecule has 1 aromatic heterocycles. The van der Waals surface area contributed by atoms with Crippen molar-refractivity contribution >= 4 is 15.9 Å². The summed E-state index contributed by atoms with van der Waals surface area (Å²) in [7, 11) is -3.45. The second-order valence-corrected chi connectivity index (χ2v) is 5.49. The van der Waals surface area contributed by atoms with E-state index in [9.17, 15) is 8.42 Å². The van der Waals surface area contributed by atoms with E-state index in [4.69, 9.17) is 0 Å². The summed E-state index contributed by atoms with van der Waals surface area (Å²) in [6.45, 7) is 0.353. The Bertz CT molecular complexity index is 704. The summed E-state index contributed by atoms with van der Waals surface area (Å²) >= 11 is 0. The third kappa shape index (κ3) is 1.78. The molecule has 0 atom stereocenters. The Morgan fingerprint density at radius 1 is 1.28 bits per heavy atom. The number of hydrogen-bond acceptors (Lipinski definition) is 4. The predicted molar refractivity (Wildman–Crippen MR) is 65.6 cm³/mol. The number of imidazole rings is 1. The van der Waals surface area contributed by atoms with Crippen LogP contribution in [0.4, 0.5) is 0 Å². The zero-order valence-corrected chi connectivity index (χ0v) is 10.1. The summed E-state index contributed by atoms with van der Waals surface area (Å²) in [6.07, 6.45) is 3.21. The molecular formula is C11H10N4O2S. The molecule has 2 aromatic rings. The molecule has 92 valence electrons. The third-order valence-corrected chi connectivity index (χ3v) is 4.02. The molecule has 18 heavy (non-hydrogen) atoms. The summed E-state index contributed by atoms with van der Waals surface area (Å²) in [6, 6.07) is 6.78. The monoisotopic (exact) mass is 262 g/mol. The van der Waals surface area contributed by atoms with Gasteiger partial charge in [-0.25, -0.2) is 13.4 Å². The van der Waals surface area contributed by atoms with Crippen LogP contribution in [0.1, 0.15) is 11.3 Å². The van der Waals surface area contributed by atoms with E-state index in [1.54, 1.807) is 36.8 Å². The van der Waals surface area contributed by atoms with Crippen molar-refractivity contribution in [2.45, 2.75) is 11.4 Å². The average Bonchev–Trinajstić information content (AvgIpc) is 2.95. The van der Waals surface area contributed by atoms with Crippen molar-refractivity contribution < 1.29 is 8.42 Å². The minimum absolute atomic E-state index is 0.272. The average molecular weight is 262 g/mol. The van der Waals surface area contributed by atoms with Crippen molar-refractivity contribution in [3.05, 3.63) is 48.0 Å². The second kappa shape index (κ2) is 3.95. The van der Waals surface area contributed by atoms with Crippen LogP contribution < -0.4 is 4.72 Å². The molecule has 0 bridgehead atoms. The minimum atomic E-state index is -3.45. The Hall–Kier alpha value is -2.15. The lowest BCUT2D eigenvalue weighted by Gasteiger charge is -1.97. The number of aliphatic imine (C=N–C) groups is 1. The van der Waals surface area contributed by atoms with Gasteiger partial charge in [0.15, 0.2) is 0 Å². The van der Waals surface area contributed by atoms with Crippen LogP contribution in [0.25, 0.3) is 0 Å². The molecule has 0 amide bonds. The van der Waals surface area contributed by atoms with Crippen LogP contribution in [0.3, 0.4) is 0 Å². The molecule has 1 aromatic carbocycles. The maximum absolute atomic E-state index is 11.8. The molecule has 0 fully saturated rings. The van der Waals surface area contributed by atoms with Gasteiger partial charge in [0.2, 0.25) is 0 Å². The highest BCUT2D eigenvalue weighted by Gasteiger charge is 2.29. The number of nitrogens with zero attached hydrogens (tertiary/aromatic N) is 2. The summed E-state index contributed by atoms with van der Waals surface area (Å²) < 4.78 is 26.1. The fourth-order valence-corrected chi connectivity index (χ4v) is 3.04. The van der Waals surface area contributed by atoms with Gasteiger partial charge in [-0.05, 0) is 12.1 Å². The Morgan fingerprint density at radius 3 is 2.89 bits per heavy atom. The molecular weight excluding hydrogens is 252 g/mol. The van der Waals surface area contributed by atoms with E-state index in [-0.39, 0.29) is 4.90 Å². The number of amidine groups is 1. The maximum atomic E-state index is 11.8. The lowest BCUT2D eigenvalue weighted by Crippen LogP contribution is -2.22. The number of hydrogen-bond donors (Lipinski definition) is 2. The first-order valence-corrected chi connectivity index (χ1v) is 6.79. The van der Waals surface area contributed by atoms with Gasteiger partial charge in [0.05, 0.1) is 23.5 Å². The van der Waals surface area contributed by atoms with Crippen molar-refractivity contribution in [2.24, 2.45) is 4.99 Å². The van der Waals surface area contributed by atoms with E-state index < -0.39 is 10.0 Å². The molecule has 0 spiro atoms. The molecule has 3 rings (SSSR count). The number of benzene rings is 1. The summed E-state index contributed by atoms with van der Waals surface area (Å²) in [5.41, 5.74) is 1.43. The van der Waals surface area contributed by atoms with Crippen molar-refractivity contribution in [2.75, 3.05) is 0 Å². The Balaban J connectivity index is 1.99. The molecule has 0 saturated heterocycles. The van der Waals surface area contributed by atoms with Crippen molar-refractivity contribution in [3.8, 4) is 0 Å². The largest absolute Gasteiger partial charge is 0.347 e. The van der Waals surface area contributed by atoms with Gasteiger partial charge in [0.25, 0.3) is 10.0 Å². The van der Waals surface area contributed by atoms with Crippen LogP contribution in [0, 0.1) is 0 Å². The molecule has 1 aliphatic rings. The topological polar surface area (TPSA) is 87.2 Å². The molecule has 1 aliphatic heterocycles. The third-order valence-electron chi connectivity index (χ3n) is 2.63. The SMILES string of the molecule is O=S1(=O)NC(=NCc2cnc[nH]2)c2ccccc21. The van der Waals surface area contributed by atoms with Crippen LogP contribution in [0.2, 0.25) is 0 Å². The fourth-order valence-electron chi connectivity index (χ4n) is 1.79. The van der Waals surface area contributed by atoms with Gasteiger partial charge in [-0.15, -0.1) is 0 Å². The van der Waals surface area contributed by atoms with Crippen LogP contribution in [-0.2, 0) is 16.6 Å². The lowest BCUT2D eigenvalue weighted by molar-refractivity contribution is 0.595. The van der Waals surface area contributed by atoms with Gasteiger partial charge in [0, 0.05) is 11.8 Å². The van der Waals surface area contributed by atoms with Crippen LogP contribution in [0.15, 0.2) is 46.7 Å². The molecule has 0 saturated carbocycles. The number of rotatable bonds is 2. The van der Waals surface area contributed by atoms with Gasteiger partial charge in [-0.3, -0.25) is 9.71 Å². The molecule has 0 radical (unpaired) electrons. The standard InChI is InChI=1S/C11H10N4O2S/c16-18(17)10-4-2-1-3-9(10)11(15-18)13-6-8-5-12-7-14-8/h1-5,7H,6H2,(H,12,14)(H,13,15). The zero-order valence-electron chi connectivity index (χ0n) is 9.29. The molecule has 0 unspecified atom stereocenters. The van der Waals surface area contributed by atoms with Crippen molar-refractivity contribution in [3.63, 3.8) is 0 Å². The number of aromatic amines is 1. The number of H-pyrrole nitrogens is 1. The van der Waals surface area contributed by atoms with E-state index in [0.29, 0.717) is 17.9 Å². The van der Waals surface area contributed by atoms with Gasteiger partial charge < -0.3 is 4.98 Å². The molecule has 2 N–H and O–H groups in total. The Labute approximate surface area is 104 Å².